The predicted molar refractivity (Wildman–Crippen MR) is 67.1 cm³/mol. The molecule has 1 aromatic carbocycles. The third-order valence-corrected chi connectivity index (χ3v) is 2.88. The van der Waals surface area contributed by atoms with Crippen molar-refractivity contribution in [2.24, 2.45) is 0 Å². The van der Waals surface area contributed by atoms with Crippen molar-refractivity contribution in [3.05, 3.63) is 38.4 Å². The first-order valence-electron chi connectivity index (χ1n) is 4.05. The van der Waals surface area contributed by atoms with Crippen molar-refractivity contribution >= 4 is 38.5 Å². The molecule has 2 rings (SSSR count). The van der Waals surface area contributed by atoms with E-state index in [0.29, 0.717) is 3.90 Å². The molecule has 2 nitrogen and oxygen atoms in total. The lowest BCUT2D eigenvalue weighted by molar-refractivity contribution is 0.497. The van der Waals surface area contributed by atoms with Crippen LogP contribution < -0.4 is 0 Å². The molecule has 14 heavy (non-hydrogen) atoms. The molecule has 0 radical (unpaired) electrons. The average Bonchev–Trinajstić information content (AvgIpc) is 2.47. The molecule has 72 valence electrons. The van der Waals surface area contributed by atoms with Crippen molar-refractivity contribution in [3.63, 3.8) is 0 Å². The molecule has 0 aliphatic carbocycles. The van der Waals surface area contributed by atoms with Gasteiger partial charge in [0.25, 0.3) is 3.90 Å². The molecule has 4 heteroatoms. The highest BCUT2D eigenvalue weighted by molar-refractivity contribution is 14.1. The first kappa shape index (κ1) is 10.2. The van der Waals surface area contributed by atoms with Crippen LogP contribution in [0.3, 0.4) is 0 Å². The van der Waals surface area contributed by atoms with E-state index in [-0.39, 0.29) is 0 Å². The summed E-state index contributed by atoms with van der Waals surface area (Å²) in [6.45, 7) is 1.92. The molecule has 0 aliphatic heterocycles. The summed E-state index contributed by atoms with van der Waals surface area (Å²) in [5.41, 5.74) is 2.00. The van der Waals surface area contributed by atoms with Crippen LogP contribution in [-0.4, -0.2) is 4.98 Å². The summed E-state index contributed by atoms with van der Waals surface area (Å²) in [5.74, 6) is 0.858. The minimum atomic E-state index is 0.679. The van der Waals surface area contributed by atoms with Crippen LogP contribution in [0.5, 0.6) is 0 Å². The van der Waals surface area contributed by atoms with Gasteiger partial charge < -0.3 is 4.42 Å². The zero-order valence-corrected chi connectivity index (χ0v) is 11.2. The maximum absolute atomic E-state index is 5.36. The van der Waals surface area contributed by atoms with E-state index in [1.54, 1.807) is 0 Å². The third kappa shape index (κ3) is 2.00. The summed E-state index contributed by atoms with van der Waals surface area (Å²) < 4.78 is 7.11. The number of benzene rings is 1. The maximum atomic E-state index is 5.36. The van der Waals surface area contributed by atoms with Crippen LogP contribution >= 0.6 is 38.5 Å². The molecular weight excluding hydrogens is 357 g/mol. The maximum Gasteiger partial charge on any atom is 0.257 e. The molecule has 0 saturated heterocycles. The second-order valence-corrected chi connectivity index (χ2v) is 4.72. The lowest BCUT2D eigenvalue weighted by Crippen LogP contribution is -1.80. The van der Waals surface area contributed by atoms with Crippen LogP contribution in [0, 0.1) is 10.8 Å². The Bertz CT molecular complexity index is 450. The van der Waals surface area contributed by atoms with Gasteiger partial charge in [0.1, 0.15) is 11.5 Å². The topological polar surface area (TPSA) is 26.0 Å². The minimum Gasteiger partial charge on any atom is -0.437 e. The summed E-state index contributed by atoms with van der Waals surface area (Å²) in [6, 6.07) is 8.03. The Balaban J connectivity index is 2.49. The Morgan fingerprint density at radius 1 is 1.29 bits per heavy atom. The smallest absolute Gasteiger partial charge is 0.257 e. The van der Waals surface area contributed by atoms with Crippen LogP contribution in [0.15, 0.2) is 33.2 Å². The molecule has 0 amide bonds. The normalized spacial score (nSPS) is 10.5. The van der Waals surface area contributed by atoms with Gasteiger partial charge in [-0.15, -0.1) is 0 Å². The third-order valence-electron chi connectivity index (χ3n) is 1.89. The van der Waals surface area contributed by atoms with Gasteiger partial charge in [0.15, 0.2) is 0 Å². The summed E-state index contributed by atoms with van der Waals surface area (Å²) >= 11 is 5.47. The Kier molecular flexibility index (Phi) is 2.92. The lowest BCUT2D eigenvalue weighted by atomic mass is 10.1. The zero-order valence-electron chi connectivity index (χ0n) is 7.42. The van der Waals surface area contributed by atoms with Gasteiger partial charge in [-0.05, 0) is 19.1 Å². The van der Waals surface area contributed by atoms with Gasteiger partial charge in [-0.25, -0.2) is 4.98 Å². The van der Waals surface area contributed by atoms with Crippen LogP contribution in [0.1, 0.15) is 5.76 Å². The Hall–Kier alpha value is -0.360. The van der Waals surface area contributed by atoms with Gasteiger partial charge in [0.2, 0.25) is 0 Å². The molecular formula is C10H7BrINO. The highest BCUT2D eigenvalue weighted by atomic mass is 127. The quantitative estimate of drug-likeness (QED) is 0.715. The van der Waals surface area contributed by atoms with Gasteiger partial charge in [0.05, 0.1) is 0 Å². The molecule has 0 atom stereocenters. The monoisotopic (exact) mass is 363 g/mol. The summed E-state index contributed by atoms with van der Waals surface area (Å²) in [5, 5.41) is 0. The van der Waals surface area contributed by atoms with E-state index in [0.717, 1.165) is 21.5 Å². The molecule has 0 fully saturated rings. The highest BCUT2D eigenvalue weighted by Crippen LogP contribution is 2.25. The highest BCUT2D eigenvalue weighted by Gasteiger charge is 2.08. The molecule has 0 saturated carbocycles. The summed E-state index contributed by atoms with van der Waals surface area (Å²) in [6.07, 6.45) is 0. The Labute approximate surface area is 104 Å². The van der Waals surface area contributed by atoms with Crippen LogP contribution in [0.2, 0.25) is 0 Å². The van der Waals surface area contributed by atoms with E-state index in [4.69, 9.17) is 4.42 Å². The molecule has 0 bridgehead atoms. The molecule has 0 spiro atoms. The molecule has 1 heterocycles. The first-order valence-corrected chi connectivity index (χ1v) is 5.93. The standard InChI is InChI=1S/C10H7BrINO/c1-6-9(13-10(12)14-6)7-2-4-8(11)5-3-7/h2-5H,1H3. The SMILES string of the molecule is Cc1oc(I)nc1-c1ccc(Br)cc1. The van der Waals surface area contributed by atoms with E-state index in [2.05, 4.69) is 43.5 Å². The van der Waals surface area contributed by atoms with Crippen LogP contribution in [0.4, 0.5) is 0 Å². The van der Waals surface area contributed by atoms with Gasteiger partial charge in [-0.3, -0.25) is 0 Å². The molecule has 0 N–H and O–H groups in total. The fourth-order valence-electron chi connectivity index (χ4n) is 1.24. The van der Waals surface area contributed by atoms with Crippen LogP contribution in [-0.2, 0) is 0 Å². The van der Waals surface area contributed by atoms with Crippen molar-refractivity contribution < 1.29 is 4.42 Å². The fourth-order valence-corrected chi connectivity index (χ4v) is 2.08. The Morgan fingerprint density at radius 2 is 1.93 bits per heavy atom. The first-order chi connectivity index (χ1) is 6.66. The van der Waals surface area contributed by atoms with Gasteiger partial charge >= 0.3 is 0 Å². The lowest BCUT2D eigenvalue weighted by Gasteiger charge is -1.96. The number of nitrogens with zero attached hydrogens (tertiary/aromatic N) is 1. The Morgan fingerprint density at radius 3 is 2.43 bits per heavy atom. The van der Waals surface area contributed by atoms with Crippen molar-refractivity contribution in [1.29, 1.82) is 0 Å². The van der Waals surface area contributed by atoms with Crippen molar-refractivity contribution in [2.75, 3.05) is 0 Å². The second kappa shape index (κ2) is 4.02. The summed E-state index contributed by atoms with van der Waals surface area (Å²) in [4.78, 5) is 4.31. The van der Waals surface area contributed by atoms with Gasteiger partial charge in [-0.2, -0.15) is 0 Å². The number of hydrogen-bond acceptors (Lipinski definition) is 2. The number of rotatable bonds is 1. The second-order valence-electron chi connectivity index (χ2n) is 2.88. The van der Waals surface area contributed by atoms with E-state index in [1.807, 2.05) is 31.2 Å². The van der Waals surface area contributed by atoms with E-state index in [9.17, 15) is 0 Å². The molecule has 0 aliphatic rings. The average molecular weight is 364 g/mol. The summed E-state index contributed by atoms with van der Waals surface area (Å²) in [7, 11) is 0. The van der Waals surface area contributed by atoms with E-state index < -0.39 is 0 Å². The molecule has 1 aromatic heterocycles. The molecule has 0 unspecified atom stereocenters. The predicted octanol–water partition coefficient (Wildman–Crippen LogP) is 4.02. The fraction of sp³-hybridized carbons (Fsp3) is 0.100. The number of hydrogen-bond donors (Lipinski definition) is 0. The van der Waals surface area contributed by atoms with Gasteiger partial charge in [0, 0.05) is 32.6 Å². The number of halogens is 2. The number of aryl methyl sites for hydroxylation is 1. The minimum absolute atomic E-state index is 0.679. The largest absolute Gasteiger partial charge is 0.437 e. The molecule has 2 aromatic rings. The van der Waals surface area contributed by atoms with Gasteiger partial charge in [-0.1, -0.05) is 28.1 Å². The van der Waals surface area contributed by atoms with Crippen molar-refractivity contribution in [3.8, 4) is 11.3 Å². The van der Waals surface area contributed by atoms with E-state index in [1.165, 1.54) is 0 Å². The zero-order chi connectivity index (χ0) is 10.1. The van der Waals surface area contributed by atoms with Crippen molar-refractivity contribution in [1.82, 2.24) is 4.98 Å². The van der Waals surface area contributed by atoms with Crippen molar-refractivity contribution in [2.45, 2.75) is 6.92 Å². The van der Waals surface area contributed by atoms with Crippen LogP contribution in [0.25, 0.3) is 11.3 Å². The van der Waals surface area contributed by atoms with E-state index >= 15 is 0 Å². The number of oxazole rings is 1. The number of aromatic nitrogens is 1.